The summed E-state index contributed by atoms with van der Waals surface area (Å²) in [5.74, 6) is 0.818. The van der Waals surface area contributed by atoms with Crippen LogP contribution >= 0.6 is 0 Å². The van der Waals surface area contributed by atoms with E-state index in [2.05, 4.69) is 23.5 Å². The van der Waals surface area contributed by atoms with Crippen LogP contribution in [0.4, 0.5) is 0 Å². The fourth-order valence-electron chi connectivity index (χ4n) is 2.53. The van der Waals surface area contributed by atoms with Gasteiger partial charge in [0.15, 0.2) is 6.10 Å². The van der Waals surface area contributed by atoms with Crippen LogP contribution in [0, 0.1) is 11.3 Å². The minimum Gasteiger partial charge on any atom is -0.476 e. The summed E-state index contributed by atoms with van der Waals surface area (Å²) in [6.45, 7) is 1.96. The van der Waals surface area contributed by atoms with Gasteiger partial charge in [0.1, 0.15) is 11.8 Å². The fraction of sp³-hybridized carbons (Fsp3) is 0.533. The molecule has 1 aromatic rings. The molecule has 1 aliphatic rings. The summed E-state index contributed by atoms with van der Waals surface area (Å²) in [5.41, 5.74) is 2.73. The number of nitriles is 1. The van der Waals surface area contributed by atoms with Crippen molar-refractivity contribution < 1.29 is 4.74 Å². The van der Waals surface area contributed by atoms with Gasteiger partial charge in [-0.2, -0.15) is 5.26 Å². The van der Waals surface area contributed by atoms with E-state index < -0.39 is 0 Å². The van der Waals surface area contributed by atoms with Gasteiger partial charge in [0.05, 0.1) is 0 Å². The lowest BCUT2D eigenvalue weighted by Crippen LogP contribution is -2.21. The lowest BCUT2D eigenvalue weighted by atomic mass is 9.87. The van der Waals surface area contributed by atoms with Crippen LogP contribution in [0.25, 0.3) is 0 Å². The van der Waals surface area contributed by atoms with Gasteiger partial charge >= 0.3 is 0 Å². The second kappa shape index (κ2) is 5.88. The first-order chi connectivity index (χ1) is 8.78. The highest BCUT2D eigenvalue weighted by molar-refractivity contribution is 5.39. The zero-order valence-corrected chi connectivity index (χ0v) is 11.1. The molecule has 3 nitrogen and oxygen atoms in total. The van der Waals surface area contributed by atoms with Crippen LogP contribution in [-0.4, -0.2) is 13.2 Å². The standard InChI is InChI=1S/C15H20N2O/c1-3-12(10-16)18-13-7-8-14-11(9-13)5-4-6-15(14)17-2/h7-9,12,15,17H,3-6H2,1-2H3. The second-order valence-corrected chi connectivity index (χ2v) is 4.74. The van der Waals surface area contributed by atoms with E-state index in [9.17, 15) is 0 Å². The predicted molar refractivity (Wildman–Crippen MR) is 71.5 cm³/mol. The first-order valence-electron chi connectivity index (χ1n) is 6.64. The van der Waals surface area contributed by atoms with Crippen LogP contribution in [0.2, 0.25) is 0 Å². The van der Waals surface area contributed by atoms with Crippen molar-refractivity contribution in [1.82, 2.24) is 5.32 Å². The molecule has 2 atom stereocenters. The van der Waals surface area contributed by atoms with Crippen LogP contribution < -0.4 is 10.1 Å². The minimum absolute atomic E-state index is 0.341. The average molecular weight is 244 g/mol. The van der Waals surface area contributed by atoms with Crippen molar-refractivity contribution in [2.75, 3.05) is 7.05 Å². The number of fused-ring (bicyclic) bond motifs is 1. The third-order valence-corrected chi connectivity index (χ3v) is 3.57. The number of hydrogen-bond acceptors (Lipinski definition) is 3. The summed E-state index contributed by atoms with van der Waals surface area (Å²) in [6.07, 6.45) is 3.88. The van der Waals surface area contributed by atoms with Gasteiger partial charge in [0.25, 0.3) is 0 Å². The molecule has 0 heterocycles. The van der Waals surface area contributed by atoms with E-state index in [4.69, 9.17) is 10.00 Å². The summed E-state index contributed by atoms with van der Waals surface area (Å²) >= 11 is 0. The fourth-order valence-corrected chi connectivity index (χ4v) is 2.53. The smallest absolute Gasteiger partial charge is 0.184 e. The number of aryl methyl sites for hydroxylation is 1. The number of nitrogens with zero attached hydrogens (tertiary/aromatic N) is 1. The Balaban J connectivity index is 2.19. The van der Waals surface area contributed by atoms with Crippen molar-refractivity contribution >= 4 is 0 Å². The van der Waals surface area contributed by atoms with Gasteiger partial charge in [0.2, 0.25) is 0 Å². The molecule has 0 saturated carbocycles. The van der Waals surface area contributed by atoms with E-state index in [-0.39, 0.29) is 6.10 Å². The van der Waals surface area contributed by atoms with Crippen molar-refractivity contribution in [2.24, 2.45) is 0 Å². The predicted octanol–water partition coefficient (Wildman–Crippen LogP) is 2.96. The van der Waals surface area contributed by atoms with Crippen LogP contribution in [0.1, 0.15) is 43.4 Å². The van der Waals surface area contributed by atoms with Gasteiger partial charge in [-0.25, -0.2) is 0 Å². The molecule has 0 aliphatic heterocycles. The topological polar surface area (TPSA) is 45.0 Å². The Bertz CT molecular complexity index is 450. The monoisotopic (exact) mass is 244 g/mol. The molecule has 0 radical (unpaired) electrons. The highest BCUT2D eigenvalue weighted by atomic mass is 16.5. The highest BCUT2D eigenvalue weighted by Gasteiger charge is 2.19. The van der Waals surface area contributed by atoms with Crippen molar-refractivity contribution in [3.05, 3.63) is 29.3 Å². The van der Waals surface area contributed by atoms with Gasteiger partial charge < -0.3 is 10.1 Å². The first kappa shape index (κ1) is 12.9. The van der Waals surface area contributed by atoms with E-state index in [1.54, 1.807) is 0 Å². The number of ether oxygens (including phenoxy) is 1. The van der Waals surface area contributed by atoms with Gasteiger partial charge in [-0.05, 0) is 56.0 Å². The molecule has 2 unspecified atom stereocenters. The third-order valence-electron chi connectivity index (χ3n) is 3.57. The summed E-state index contributed by atoms with van der Waals surface area (Å²) in [5, 5.41) is 12.3. The lowest BCUT2D eigenvalue weighted by Gasteiger charge is -2.25. The van der Waals surface area contributed by atoms with E-state index in [0.29, 0.717) is 12.5 Å². The molecular formula is C15H20N2O. The van der Waals surface area contributed by atoms with E-state index >= 15 is 0 Å². The van der Waals surface area contributed by atoms with Crippen molar-refractivity contribution in [2.45, 2.75) is 44.8 Å². The number of hydrogen-bond donors (Lipinski definition) is 1. The molecule has 0 spiro atoms. The normalized spacial score (nSPS) is 19.7. The molecule has 18 heavy (non-hydrogen) atoms. The van der Waals surface area contributed by atoms with Gasteiger partial charge in [-0.1, -0.05) is 13.0 Å². The van der Waals surface area contributed by atoms with Gasteiger partial charge in [-0.3, -0.25) is 0 Å². The van der Waals surface area contributed by atoms with Crippen LogP contribution in [0.3, 0.4) is 0 Å². The maximum absolute atomic E-state index is 8.92. The summed E-state index contributed by atoms with van der Waals surface area (Å²) in [4.78, 5) is 0. The average Bonchev–Trinajstić information content (AvgIpc) is 2.43. The maximum Gasteiger partial charge on any atom is 0.184 e. The molecular weight excluding hydrogens is 224 g/mol. The molecule has 3 heteroatoms. The summed E-state index contributed by atoms with van der Waals surface area (Å²) in [6, 6.07) is 8.84. The van der Waals surface area contributed by atoms with E-state index in [0.717, 1.165) is 12.2 Å². The molecule has 0 aromatic heterocycles. The van der Waals surface area contributed by atoms with Crippen molar-refractivity contribution in [3.63, 3.8) is 0 Å². The maximum atomic E-state index is 8.92. The summed E-state index contributed by atoms with van der Waals surface area (Å²) < 4.78 is 5.67. The van der Waals surface area contributed by atoms with Gasteiger partial charge in [0, 0.05) is 6.04 Å². The highest BCUT2D eigenvalue weighted by Crippen LogP contribution is 2.32. The Hall–Kier alpha value is -1.53. The number of rotatable bonds is 4. The quantitative estimate of drug-likeness (QED) is 0.885. The Labute approximate surface area is 109 Å². The first-order valence-corrected chi connectivity index (χ1v) is 6.64. The van der Waals surface area contributed by atoms with Crippen LogP contribution in [0.15, 0.2) is 18.2 Å². The van der Waals surface area contributed by atoms with Crippen molar-refractivity contribution in [1.29, 1.82) is 5.26 Å². The molecule has 96 valence electrons. The molecule has 0 bridgehead atoms. The summed E-state index contributed by atoms with van der Waals surface area (Å²) in [7, 11) is 2.01. The molecule has 1 aliphatic carbocycles. The zero-order valence-electron chi connectivity index (χ0n) is 11.1. The Morgan fingerprint density at radius 3 is 3.06 bits per heavy atom. The molecule has 1 aromatic carbocycles. The largest absolute Gasteiger partial charge is 0.476 e. The Kier molecular flexibility index (Phi) is 4.22. The second-order valence-electron chi connectivity index (χ2n) is 4.74. The van der Waals surface area contributed by atoms with Crippen molar-refractivity contribution in [3.8, 4) is 11.8 Å². The zero-order chi connectivity index (χ0) is 13.0. The molecule has 0 saturated heterocycles. The number of benzene rings is 1. The van der Waals surface area contributed by atoms with Crippen LogP contribution in [0.5, 0.6) is 5.75 Å². The van der Waals surface area contributed by atoms with Crippen LogP contribution in [-0.2, 0) is 6.42 Å². The molecule has 2 rings (SSSR count). The molecule has 0 amide bonds. The third kappa shape index (κ3) is 2.65. The van der Waals surface area contributed by atoms with Gasteiger partial charge in [-0.15, -0.1) is 0 Å². The molecule has 1 N–H and O–H groups in total. The van der Waals surface area contributed by atoms with E-state index in [1.807, 2.05) is 20.0 Å². The number of nitrogens with one attached hydrogen (secondary N) is 1. The molecule has 0 fully saturated rings. The lowest BCUT2D eigenvalue weighted by molar-refractivity contribution is 0.251. The Morgan fingerprint density at radius 2 is 2.39 bits per heavy atom. The SMILES string of the molecule is CCC(C#N)Oc1ccc2c(c1)CCCC2NC. The van der Waals surface area contributed by atoms with E-state index in [1.165, 1.54) is 24.0 Å². The Morgan fingerprint density at radius 1 is 1.56 bits per heavy atom. The minimum atomic E-state index is -0.341.